The summed E-state index contributed by atoms with van der Waals surface area (Å²) < 4.78 is 1.04. The number of halogens is 1. The molecule has 0 bridgehead atoms. The number of aromatic nitrogens is 1. The van der Waals surface area contributed by atoms with Crippen molar-refractivity contribution in [3.05, 3.63) is 63.9 Å². The Bertz CT molecular complexity index is 799. The van der Waals surface area contributed by atoms with E-state index >= 15 is 0 Å². The van der Waals surface area contributed by atoms with Gasteiger partial charge in [-0.05, 0) is 29.8 Å². The zero-order valence-corrected chi connectivity index (χ0v) is 13.8. The Labute approximate surface area is 140 Å². The molecule has 2 aromatic carbocycles. The maximum Gasteiger partial charge on any atom is 0.203 e. The molecule has 0 saturated carbocycles. The third kappa shape index (κ3) is 3.72. The Morgan fingerprint density at radius 1 is 1.18 bits per heavy atom. The van der Waals surface area contributed by atoms with Gasteiger partial charge in [-0.2, -0.15) is 5.10 Å². The first-order valence-corrected chi connectivity index (χ1v) is 8.17. The molecule has 0 atom stereocenters. The van der Waals surface area contributed by atoms with Gasteiger partial charge >= 0.3 is 0 Å². The summed E-state index contributed by atoms with van der Waals surface area (Å²) >= 11 is 4.91. The highest BCUT2D eigenvalue weighted by Gasteiger charge is 2.03. The third-order valence-corrected chi connectivity index (χ3v) is 4.16. The smallest absolute Gasteiger partial charge is 0.203 e. The number of benzene rings is 2. The van der Waals surface area contributed by atoms with Crippen LogP contribution in [0.25, 0.3) is 11.3 Å². The fourth-order valence-electron chi connectivity index (χ4n) is 1.85. The van der Waals surface area contributed by atoms with Crippen LogP contribution >= 0.6 is 27.3 Å². The van der Waals surface area contributed by atoms with E-state index in [9.17, 15) is 5.11 Å². The minimum absolute atomic E-state index is 0.218. The summed E-state index contributed by atoms with van der Waals surface area (Å²) in [6.07, 6.45) is 1.64. The van der Waals surface area contributed by atoms with Gasteiger partial charge in [0.15, 0.2) is 0 Å². The summed E-state index contributed by atoms with van der Waals surface area (Å²) in [6.45, 7) is 0. The number of anilines is 1. The van der Waals surface area contributed by atoms with E-state index in [0.717, 1.165) is 21.3 Å². The van der Waals surface area contributed by atoms with Crippen LogP contribution < -0.4 is 5.43 Å². The van der Waals surface area contributed by atoms with Crippen molar-refractivity contribution in [3.8, 4) is 17.0 Å². The fourth-order valence-corrected chi connectivity index (χ4v) is 2.78. The van der Waals surface area contributed by atoms with E-state index in [4.69, 9.17) is 0 Å². The molecule has 1 aromatic heterocycles. The SMILES string of the molecule is Oc1cccc(C=NNc2nc(-c3ccc(Br)cc3)cs2)c1. The Kier molecular flexibility index (Phi) is 4.50. The number of phenolic OH excluding ortho intramolecular Hbond substituents is 1. The van der Waals surface area contributed by atoms with Crippen LogP contribution in [0.3, 0.4) is 0 Å². The molecule has 0 saturated heterocycles. The lowest BCUT2D eigenvalue weighted by atomic mass is 10.2. The molecule has 0 unspecified atom stereocenters. The highest BCUT2D eigenvalue weighted by molar-refractivity contribution is 9.10. The minimum Gasteiger partial charge on any atom is -0.508 e. The Morgan fingerprint density at radius 2 is 2.00 bits per heavy atom. The second-order valence-electron chi connectivity index (χ2n) is 4.51. The summed E-state index contributed by atoms with van der Waals surface area (Å²) in [6, 6.07) is 14.9. The molecule has 0 aliphatic rings. The number of nitrogens with one attached hydrogen (secondary N) is 1. The van der Waals surface area contributed by atoms with Crippen molar-refractivity contribution in [2.75, 3.05) is 5.43 Å². The van der Waals surface area contributed by atoms with Crippen molar-refractivity contribution in [1.82, 2.24) is 4.98 Å². The highest BCUT2D eigenvalue weighted by atomic mass is 79.9. The van der Waals surface area contributed by atoms with Crippen LogP contribution in [0.2, 0.25) is 0 Å². The Morgan fingerprint density at radius 3 is 2.77 bits per heavy atom. The zero-order chi connectivity index (χ0) is 15.4. The van der Waals surface area contributed by atoms with Gasteiger partial charge in [0.05, 0.1) is 11.9 Å². The molecule has 2 N–H and O–H groups in total. The molecule has 0 aliphatic heterocycles. The van der Waals surface area contributed by atoms with Crippen molar-refractivity contribution in [2.24, 2.45) is 5.10 Å². The van der Waals surface area contributed by atoms with E-state index in [1.54, 1.807) is 24.4 Å². The van der Waals surface area contributed by atoms with E-state index in [-0.39, 0.29) is 5.75 Å². The molecule has 1 heterocycles. The average Bonchev–Trinajstić information content (AvgIpc) is 2.97. The molecule has 0 radical (unpaired) electrons. The maximum absolute atomic E-state index is 9.38. The second kappa shape index (κ2) is 6.72. The number of nitrogens with zero attached hydrogens (tertiary/aromatic N) is 2. The van der Waals surface area contributed by atoms with Crippen LogP contribution in [-0.2, 0) is 0 Å². The zero-order valence-electron chi connectivity index (χ0n) is 11.4. The summed E-state index contributed by atoms with van der Waals surface area (Å²) in [5, 5.41) is 16.2. The molecule has 0 amide bonds. The quantitative estimate of drug-likeness (QED) is 0.513. The molecule has 0 fully saturated rings. The molecule has 4 nitrogen and oxygen atoms in total. The molecule has 0 aliphatic carbocycles. The summed E-state index contributed by atoms with van der Waals surface area (Å²) in [4.78, 5) is 4.49. The molecule has 0 spiro atoms. The maximum atomic E-state index is 9.38. The van der Waals surface area contributed by atoms with Gasteiger partial charge in [-0.1, -0.05) is 40.2 Å². The number of hydrogen-bond donors (Lipinski definition) is 2. The molecule has 6 heteroatoms. The normalized spacial score (nSPS) is 11.0. The van der Waals surface area contributed by atoms with Crippen LogP contribution in [0.5, 0.6) is 5.75 Å². The first kappa shape index (κ1) is 14.7. The van der Waals surface area contributed by atoms with Crippen molar-refractivity contribution in [3.63, 3.8) is 0 Å². The lowest BCUT2D eigenvalue weighted by Gasteiger charge is -1.97. The lowest BCUT2D eigenvalue weighted by molar-refractivity contribution is 0.475. The topological polar surface area (TPSA) is 57.5 Å². The number of phenols is 1. The predicted molar refractivity (Wildman–Crippen MR) is 94.6 cm³/mol. The Balaban J connectivity index is 1.68. The Hall–Kier alpha value is -2.18. The number of thiazole rings is 1. The van der Waals surface area contributed by atoms with Gasteiger partial charge in [0.2, 0.25) is 5.13 Å². The first-order chi connectivity index (χ1) is 10.7. The van der Waals surface area contributed by atoms with Gasteiger partial charge in [0.1, 0.15) is 5.75 Å². The number of hydrazone groups is 1. The van der Waals surface area contributed by atoms with E-state index in [2.05, 4.69) is 31.4 Å². The molecule has 110 valence electrons. The van der Waals surface area contributed by atoms with Crippen molar-refractivity contribution in [2.45, 2.75) is 0 Å². The van der Waals surface area contributed by atoms with E-state index in [1.165, 1.54) is 11.3 Å². The van der Waals surface area contributed by atoms with Crippen LogP contribution in [-0.4, -0.2) is 16.3 Å². The van der Waals surface area contributed by atoms with E-state index < -0.39 is 0 Å². The minimum atomic E-state index is 0.218. The molecule has 3 aromatic rings. The van der Waals surface area contributed by atoms with Gasteiger partial charge in [0, 0.05) is 15.4 Å². The summed E-state index contributed by atoms with van der Waals surface area (Å²) in [5.74, 6) is 0.218. The van der Waals surface area contributed by atoms with Crippen LogP contribution in [0, 0.1) is 0 Å². The summed E-state index contributed by atoms with van der Waals surface area (Å²) in [7, 11) is 0. The van der Waals surface area contributed by atoms with Crippen molar-refractivity contribution >= 4 is 38.6 Å². The summed E-state index contributed by atoms with van der Waals surface area (Å²) in [5.41, 5.74) is 5.69. The van der Waals surface area contributed by atoms with Crippen molar-refractivity contribution < 1.29 is 5.11 Å². The van der Waals surface area contributed by atoms with Gasteiger partial charge in [-0.3, -0.25) is 5.43 Å². The lowest BCUT2D eigenvalue weighted by Crippen LogP contribution is -1.90. The highest BCUT2D eigenvalue weighted by Crippen LogP contribution is 2.26. The molecular formula is C16H12BrN3OS. The second-order valence-corrected chi connectivity index (χ2v) is 6.28. The number of rotatable bonds is 4. The largest absolute Gasteiger partial charge is 0.508 e. The van der Waals surface area contributed by atoms with Crippen molar-refractivity contribution in [1.29, 1.82) is 0 Å². The molecular weight excluding hydrogens is 362 g/mol. The molecule has 3 rings (SSSR count). The molecule has 22 heavy (non-hydrogen) atoms. The fraction of sp³-hybridized carbons (Fsp3) is 0. The van der Waals surface area contributed by atoms with Gasteiger partial charge < -0.3 is 5.11 Å². The van der Waals surface area contributed by atoms with Gasteiger partial charge in [-0.25, -0.2) is 4.98 Å². The van der Waals surface area contributed by atoms with E-state index in [0.29, 0.717) is 5.13 Å². The van der Waals surface area contributed by atoms with Crippen LogP contribution in [0.4, 0.5) is 5.13 Å². The first-order valence-electron chi connectivity index (χ1n) is 6.50. The predicted octanol–water partition coefficient (Wildman–Crippen LogP) is 4.72. The van der Waals surface area contributed by atoms with Gasteiger partial charge in [0.25, 0.3) is 0 Å². The standard InChI is InChI=1S/C16H12BrN3OS/c17-13-6-4-12(5-7-13)15-10-22-16(19-15)20-18-9-11-2-1-3-14(21)8-11/h1-10,21H,(H,19,20). The van der Waals surface area contributed by atoms with Crippen LogP contribution in [0.1, 0.15) is 5.56 Å². The number of aromatic hydroxyl groups is 1. The van der Waals surface area contributed by atoms with Crippen LogP contribution in [0.15, 0.2) is 63.5 Å². The number of hydrogen-bond acceptors (Lipinski definition) is 5. The van der Waals surface area contributed by atoms with E-state index in [1.807, 2.05) is 35.7 Å². The monoisotopic (exact) mass is 373 g/mol. The average molecular weight is 374 g/mol. The third-order valence-electron chi connectivity index (χ3n) is 2.89. The van der Waals surface area contributed by atoms with Gasteiger partial charge in [-0.15, -0.1) is 11.3 Å².